The lowest BCUT2D eigenvalue weighted by Crippen LogP contribution is -2.11. The summed E-state index contributed by atoms with van der Waals surface area (Å²) < 4.78 is 0. The van der Waals surface area contributed by atoms with Crippen molar-refractivity contribution >= 4 is 40.1 Å². The van der Waals surface area contributed by atoms with E-state index < -0.39 is 0 Å². The SMILES string of the molecule is O=C(c1ccccc1)c1cccc(NC(=O)c2cnc(-c3cccs3)s2)c1. The number of carbonyl (C=O) groups is 2. The van der Waals surface area contributed by atoms with E-state index in [2.05, 4.69) is 10.3 Å². The lowest BCUT2D eigenvalue weighted by atomic mass is 10.0. The van der Waals surface area contributed by atoms with Gasteiger partial charge >= 0.3 is 0 Å². The van der Waals surface area contributed by atoms with E-state index in [1.54, 1.807) is 53.9 Å². The van der Waals surface area contributed by atoms with Gasteiger partial charge in [0.25, 0.3) is 5.91 Å². The Balaban J connectivity index is 1.51. The third-order valence-electron chi connectivity index (χ3n) is 3.88. The molecular formula is C21H14N2O2S2. The molecule has 0 fully saturated rings. The van der Waals surface area contributed by atoms with Gasteiger partial charge in [-0.1, -0.05) is 48.5 Å². The van der Waals surface area contributed by atoms with Crippen LogP contribution in [-0.4, -0.2) is 16.7 Å². The Labute approximate surface area is 164 Å². The van der Waals surface area contributed by atoms with Gasteiger partial charge in [0.1, 0.15) is 9.88 Å². The van der Waals surface area contributed by atoms with Crippen LogP contribution in [0.4, 0.5) is 5.69 Å². The predicted molar refractivity (Wildman–Crippen MR) is 110 cm³/mol. The number of nitrogens with zero attached hydrogens (tertiary/aromatic N) is 1. The number of carbonyl (C=O) groups excluding carboxylic acids is 2. The Morgan fingerprint density at radius 2 is 1.70 bits per heavy atom. The minimum atomic E-state index is -0.236. The summed E-state index contributed by atoms with van der Waals surface area (Å²) in [4.78, 5) is 31.0. The van der Waals surface area contributed by atoms with Crippen LogP contribution in [0, 0.1) is 0 Å². The molecule has 0 unspecified atom stereocenters. The highest BCUT2D eigenvalue weighted by Crippen LogP contribution is 2.29. The molecule has 0 bridgehead atoms. The number of ketones is 1. The number of hydrogen-bond donors (Lipinski definition) is 1. The molecule has 132 valence electrons. The van der Waals surface area contributed by atoms with Gasteiger partial charge in [0.05, 0.1) is 11.1 Å². The van der Waals surface area contributed by atoms with Gasteiger partial charge < -0.3 is 5.32 Å². The summed E-state index contributed by atoms with van der Waals surface area (Å²) in [7, 11) is 0. The van der Waals surface area contributed by atoms with Crippen LogP contribution in [0.15, 0.2) is 78.3 Å². The smallest absolute Gasteiger partial charge is 0.267 e. The fourth-order valence-corrected chi connectivity index (χ4v) is 4.20. The molecule has 2 aromatic carbocycles. The van der Waals surface area contributed by atoms with Crippen molar-refractivity contribution < 1.29 is 9.59 Å². The molecular weight excluding hydrogens is 376 g/mol. The highest BCUT2D eigenvalue weighted by atomic mass is 32.1. The first-order valence-corrected chi connectivity index (χ1v) is 9.91. The zero-order valence-electron chi connectivity index (χ0n) is 14.1. The van der Waals surface area contributed by atoms with Crippen LogP contribution in [0.2, 0.25) is 0 Å². The zero-order chi connectivity index (χ0) is 18.6. The molecule has 4 nitrogen and oxygen atoms in total. The van der Waals surface area contributed by atoms with E-state index in [4.69, 9.17) is 0 Å². The minimum Gasteiger partial charge on any atom is -0.321 e. The van der Waals surface area contributed by atoms with Gasteiger partial charge in [-0.05, 0) is 23.6 Å². The van der Waals surface area contributed by atoms with Gasteiger partial charge in [0.15, 0.2) is 5.78 Å². The number of hydrogen-bond acceptors (Lipinski definition) is 5. The Morgan fingerprint density at radius 1 is 0.889 bits per heavy atom. The van der Waals surface area contributed by atoms with Crippen LogP contribution in [0.5, 0.6) is 0 Å². The normalized spacial score (nSPS) is 10.5. The third-order valence-corrected chi connectivity index (χ3v) is 5.92. The molecule has 0 saturated carbocycles. The zero-order valence-corrected chi connectivity index (χ0v) is 15.7. The largest absolute Gasteiger partial charge is 0.321 e. The monoisotopic (exact) mass is 390 g/mol. The van der Waals surface area contributed by atoms with E-state index >= 15 is 0 Å². The third kappa shape index (κ3) is 3.86. The fraction of sp³-hybridized carbons (Fsp3) is 0. The van der Waals surface area contributed by atoms with Crippen molar-refractivity contribution in [3.05, 3.63) is 94.3 Å². The topological polar surface area (TPSA) is 59.1 Å². The average molecular weight is 390 g/mol. The summed E-state index contributed by atoms with van der Waals surface area (Å²) in [5, 5.41) is 5.65. The van der Waals surface area contributed by atoms with Crippen molar-refractivity contribution in [1.82, 2.24) is 4.98 Å². The van der Waals surface area contributed by atoms with E-state index in [0.29, 0.717) is 21.7 Å². The number of anilines is 1. The molecule has 0 spiro atoms. The molecule has 0 saturated heterocycles. The number of thiophene rings is 1. The molecule has 6 heteroatoms. The standard InChI is InChI=1S/C21H14N2O2S2/c24-19(14-6-2-1-3-7-14)15-8-4-9-16(12-15)23-20(25)18-13-22-21(27-18)17-10-5-11-26-17/h1-13H,(H,23,25). The first-order chi connectivity index (χ1) is 13.2. The second kappa shape index (κ2) is 7.65. The first-order valence-electron chi connectivity index (χ1n) is 8.21. The number of aromatic nitrogens is 1. The summed E-state index contributed by atoms with van der Waals surface area (Å²) in [6.45, 7) is 0. The maximum Gasteiger partial charge on any atom is 0.267 e. The Kier molecular flexibility index (Phi) is 4.91. The van der Waals surface area contributed by atoms with Crippen LogP contribution in [0.3, 0.4) is 0 Å². The molecule has 0 radical (unpaired) electrons. The maximum absolute atomic E-state index is 12.6. The molecule has 0 aliphatic rings. The van der Waals surface area contributed by atoms with Crippen molar-refractivity contribution in [3.8, 4) is 9.88 Å². The van der Waals surface area contributed by atoms with Crippen LogP contribution >= 0.6 is 22.7 Å². The quantitative estimate of drug-likeness (QED) is 0.467. The molecule has 2 aromatic heterocycles. The van der Waals surface area contributed by atoms with E-state index in [1.807, 2.05) is 35.7 Å². The minimum absolute atomic E-state index is 0.0792. The summed E-state index contributed by atoms with van der Waals surface area (Å²) in [6.07, 6.45) is 1.58. The molecule has 4 rings (SSSR count). The van der Waals surface area contributed by atoms with Crippen molar-refractivity contribution in [1.29, 1.82) is 0 Å². The highest BCUT2D eigenvalue weighted by Gasteiger charge is 2.14. The van der Waals surface area contributed by atoms with Crippen molar-refractivity contribution in [2.24, 2.45) is 0 Å². The van der Waals surface area contributed by atoms with Crippen molar-refractivity contribution in [3.63, 3.8) is 0 Å². The second-order valence-electron chi connectivity index (χ2n) is 5.74. The molecule has 1 N–H and O–H groups in total. The van der Waals surface area contributed by atoms with Gasteiger partial charge in [-0.25, -0.2) is 4.98 Å². The lowest BCUT2D eigenvalue weighted by molar-refractivity contribution is 0.102. The molecule has 4 aromatic rings. The summed E-state index contributed by atoms with van der Waals surface area (Å²) in [6, 6.07) is 20.0. The van der Waals surface area contributed by atoms with Crippen LogP contribution < -0.4 is 5.32 Å². The maximum atomic E-state index is 12.6. The Hall–Kier alpha value is -3.09. The number of amides is 1. The number of rotatable bonds is 5. The molecule has 0 atom stereocenters. The second-order valence-corrected chi connectivity index (χ2v) is 7.72. The Morgan fingerprint density at radius 3 is 2.48 bits per heavy atom. The number of nitrogens with one attached hydrogen (secondary N) is 1. The van der Waals surface area contributed by atoms with Gasteiger partial charge in [0, 0.05) is 16.8 Å². The number of benzene rings is 2. The van der Waals surface area contributed by atoms with Crippen molar-refractivity contribution in [2.75, 3.05) is 5.32 Å². The molecule has 0 aliphatic heterocycles. The van der Waals surface area contributed by atoms with Gasteiger partial charge in [-0.3, -0.25) is 9.59 Å². The van der Waals surface area contributed by atoms with Gasteiger partial charge in [-0.2, -0.15) is 0 Å². The summed E-state index contributed by atoms with van der Waals surface area (Å²) >= 11 is 2.93. The van der Waals surface area contributed by atoms with Crippen LogP contribution in [0.1, 0.15) is 25.6 Å². The number of thiazole rings is 1. The average Bonchev–Trinajstić information content (AvgIpc) is 3.40. The molecule has 1 amide bonds. The van der Waals surface area contributed by atoms with Gasteiger partial charge in [0.2, 0.25) is 0 Å². The summed E-state index contributed by atoms with van der Waals surface area (Å²) in [5.41, 5.74) is 1.72. The van der Waals surface area contributed by atoms with Crippen LogP contribution in [-0.2, 0) is 0 Å². The Bertz CT molecular complexity index is 1090. The molecule has 0 aliphatic carbocycles. The molecule has 27 heavy (non-hydrogen) atoms. The van der Waals surface area contributed by atoms with E-state index in [9.17, 15) is 9.59 Å². The van der Waals surface area contributed by atoms with Crippen LogP contribution in [0.25, 0.3) is 9.88 Å². The fourth-order valence-electron chi connectivity index (χ4n) is 2.58. The van der Waals surface area contributed by atoms with Crippen molar-refractivity contribution in [2.45, 2.75) is 0 Å². The predicted octanol–water partition coefficient (Wildman–Crippen LogP) is 5.35. The summed E-state index contributed by atoms with van der Waals surface area (Å²) in [5.74, 6) is -0.316. The van der Waals surface area contributed by atoms with E-state index in [-0.39, 0.29) is 11.7 Å². The van der Waals surface area contributed by atoms with E-state index in [0.717, 1.165) is 9.88 Å². The first kappa shape index (κ1) is 17.3. The molecule has 2 heterocycles. The van der Waals surface area contributed by atoms with Gasteiger partial charge in [-0.15, -0.1) is 22.7 Å². The van der Waals surface area contributed by atoms with E-state index in [1.165, 1.54) is 11.3 Å². The highest BCUT2D eigenvalue weighted by molar-refractivity contribution is 7.22. The lowest BCUT2D eigenvalue weighted by Gasteiger charge is -2.06.